The van der Waals surface area contributed by atoms with E-state index in [1.807, 2.05) is 0 Å². The first-order chi connectivity index (χ1) is 12.1. The number of hydrogen-bond donors (Lipinski definition) is 0. The predicted octanol–water partition coefficient (Wildman–Crippen LogP) is 3.26. The molecule has 1 heterocycles. The molecule has 0 aliphatic carbocycles. The summed E-state index contributed by atoms with van der Waals surface area (Å²) in [6.07, 6.45) is 0. The van der Waals surface area contributed by atoms with Crippen LogP contribution in [-0.2, 0) is 21.5 Å². The summed E-state index contributed by atoms with van der Waals surface area (Å²) in [6, 6.07) is 9.09. The zero-order valence-corrected chi connectivity index (χ0v) is 14.0. The Hall–Kier alpha value is -2.75. The van der Waals surface area contributed by atoms with Gasteiger partial charge in [-0.3, -0.25) is 0 Å². The molecule has 2 aromatic carbocycles. The first-order valence-corrected chi connectivity index (χ1v) is 8.53. The molecule has 3 rings (SSSR count). The summed E-state index contributed by atoms with van der Waals surface area (Å²) < 4.78 is 74.7. The number of rotatable bonds is 3. The summed E-state index contributed by atoms with van der Waals surface area (Å²) in [5.41, 5.74) is -4.62. The minimum Gasteiger partial charge on any atom is -0.488 e. The van der Waals surface area contributed by atoms with Gasteiger partial charge in [-0.15, -0.1) is 0 Å². The second-order valence-electron chi connectivity index (χ2n) is 5.27. The van der Waals surface area contributed by atoms with Crippen LogP contribution in [0.2, 0.25) is 0 Å². The number of alkyl halides is 3. The number of ether oxygens (including phenoxy) is 2. The molecule has 0 spiro atoms. The van der Waals surface area contributed by atoms with Crippen LogP contribution in [0.4, 0.5) is 13.2 Å². The van der Waals surface area contributed by atoms with Gasteiger partial charge in [0.05, 0.1) is 7.11 Å². The largest absolute Gasteiger partial charge is 0.534 e. The molecule has 0 radical (unpaired) electrons. The summed E-state index contributed by atoms with van der Waals surface area (Å²) in [5.74, 6) is -1.30. The molecule has 0 fully saturated rings. The van der Waals surface area contributed by atoms with Crippen molar-refractivity contribution in [2.75, 3.05) is 7.11 Å². The third-order valence-electron chi connectivity index (χ3n) is 3.65. The molecule has 0 saturated carbocycles. The molecule has 1 aliphatic heterocycles. The smallest absolute Gasteiger partial charge is 0.488 e. The number of hydrogen-bond acceptors (Lipinski definition) is 6. The van der Waals surface area contributed by atoms with Crippen molar-refractivity contribution in [2.24, 2.45) is 0 Å². The fourth-order valence-electron chi connectivity index (χ4n) is 2.47. The summed E-state index contributed by atoms with van der Waals surface area (Å²) in [4.78, 5) is 12.0. The lowest BCUT2D eigenvalue weighted by molar-refractivity contribution is -0.0500. The van der Waals surface area contributed by atoms with Crippen molar-refractivity contribution < 1.29 is 40.0 Å². The van der Waals surface area contributed by atoms with Gasteiger partial charge in [-0.05, 0) is 23.8 Å². The Labute approximate surface area is 146 Å². The number of esters is 1. The first-order valence-electron chi connectivity index (χ1n) is 7.12. The van der Waals surface area contributed by atoms with Crippen LogP contribution in [0.5, 0.6) is 11.5 Å². The molecule has 138 valence electrons. The monoisotopic (exact) mass is 388 g/mol. The van der Waals surface area contributed by atoms with E-state index < -0.39 is 32.9 Å². The van der Waals surface area contributed by atoms with E-state index in [1.54, 1.807) is 24.3 Å². The van der Waals surface area contributed by atoms with Crippen LogP contribution in [0.25, 0.3) is 11.1 Å². The second-order valence-corrected chi connectivity index (χ2v) is 6.80. The highest BCUT2D eigenvalue weighted by Gasteiger charge is 2.49. The molecule has 2 aromatic rings. The summed E-state index contributed by atoms with van der Waals surface area (Å²) in [6.45, 7) is -0.0315. The molecule has 26 heavy (non-hydrogen) atoms. The second kappa shape index (κ2) is 6.20. The van der Waals surface area contributed by atoms with E-state index in [-0.39, 0.29) is 6.61 Å². The predicted molar refractivity (Wildman–Crippen MR) is 83.2 cm³/mol. The molecule has 0 atom stereocenters. The highest BCUT2D eigenvalue weighted by molar-refractivity contribution is 7.88. The quantitative estimate of drug-likeness (QED) is 0.456. The number of methoxy groups -OCH3 is 1. The van der Waals surface area contributed by atoms with Gasteiger partial charge in [0.2, 0.25) is 0 Å². The van der Waals surface area contributed by atoms with Crippen molar-refractivity contribution >= 4 is 16.1 Å². The van der Waals surface area contributed by atoms with Gasteiger partial charge < -0.3 is 13.7 Å². The van der Waals surface area contributed by atoms with Crippen molar-refractivity contribution in [3.8, 4) is 22.6 Å². The highest BCUT2D eigenvalue weighted by atomic mass is 32.2. The molecular weight excluding hydrogens is 377 g/mol. The minimum atomic E-state index is -5.95. The van der Waals surface area contributed by atoms with E-state index in [1.165, 1.54) is 6.07 Å². The van der Waals surface area contributed by atoms with Crippen LogP contribution in [0.15, 0.2) is 36.4 Å². The lowest BCUT2D eigenvalue weighted by Crippen LogP contribution is -2.29. The Kier molecular flexibility index (Phi) is 4.31. The van der Waals surface area contributed by atoms with Crippen molar-refractivity contribution in [1.82, 2.24) is 0 Å². The summed E-state index contributed by atoms with van der Waals surface area (Å²) in [5, 5.41) is 0. The number of benzene rings is 2. The number of fused-ring (bicyclic) bond motifs is 3. The standard InChI is InChI=1S/C16H11F3O6S/c1-23-15(20)12-7-11-9(8-24-13-5-3-2-4-10(11)13)6-14(12)25-26(21,22)16(17,18)19/h2-7H,8H2,1H3. The topological polar surface area (TPSA) is 78.9 Å². The maximum Gasteiger partial charge on any atom is 0.534 e. The fourth-order valence-corrected chi connectivity index (χ4v) is 2.94. The maximum absolute atomic E-state index is 12.6. The molecule has 6 nitrogen and oxygen atoms in total. The molecule has 0 N–H and O–H groups in total. The number of carbonyl (C=O) groups excluding carboxylic acids is 1. The highest BCUT2D eigenvalue weighted by Crippen LogP contribution is 2.41. The average molecular weight is 388 g/mol. The molecule has 1 aliphatic rings. The Morgan fingerprint density at radius 1 is 1.15 bits per heavy atom. The Bertz CT molecular complexity index is 982. The van der Waals surface area contributed by atoms with Gasteiger partial charge >= 0.3 is 21.6 Å². The molecule has 0 bridgehead atoms. The van der Waals surface area contributed by atoms with E-state index in [2.05, 4.69) is 8.92 Å². The maximum atomic E-state index is 12.6. The SMILES string of the molecule is COC(=O)c1cc2c(cc1OS(=O)(=O)C(F)(F)F)COc1ccccc1-2. The Balaban J connectivity index is 2.17. The average Bonchev–Trinajstić information content (AvgIpc) is 2.59. The van der Waals surface area contributed by atoms with Gasteiger partial charge in [-0.2, -0.15) is 21.6 Å². The van der Waals surface area contributed by atoms with Crippen molar-refractivity contribution in [3.63, 3.8) is 0 Å². The van der Waals surface area contributed by atoms with E-state index in [0.717, 1.165) is 13.2 Å². The molecule has 0 amide bonds. The van der Waals surface area contributed by atoms with E-state index in [0.29, 0.717) is 22.4 Å². The lowest BCUT2D eigenvalue weighted by atomic mass is 9.94. The normalized spacial score (nSPS) is 13.2. The van der Waals surface area contributed by atoms with Crippen LogP contribution < -0.4 is 8.92 Å². The summed E-state index contributed by atoms with van der Waals surface area (Å²) in [7, 11) is -4.94. The van der Waals surface area contributed by atoms with Crippen LogP contribution in [0.3, 0.4) is 0 Å². The minimum absolute atomic E-state index is 0.0315. The number of para-hydroxylation sites is 1. The van der Waals surface area contributed by atoms with Gasteiger partial charge in [-0.25, -0.2) is 4.79 Å². The van der Waals surface area contributed by atoms with Gasteiger partial charge in [0.25, 0.3) is 0 Å². The van der Waals surface area contributed by atoms with Crippen LogP contribution in [0.1, 0.15) is 15.9 Å². The lowest BCUT2D eigenvalue weighted by Gasteiger charge is -2.22. The zero-order valence-electron chi connectivity index (χ0n) is 13.2. The van der Waals surface area contributed by atoms with Gasteiger partial charge in [0.1, 0.15) is 17.9 Å². The third-order valence-corrected chi connectivity index (χ3v) is 4.62. The first kappa shape index (κ1) is 18.1. The van der Waals surface area contributed by atoms with Crippen LogP contribution >= 0.6 is 0 Å². The van der Waals surface area contributed by atoms with Crippen molar-refractivity contribution in [3.05, 3.63) is 47.5 Å². The van der Waals surface area contributed by atoms with E-state index >= 15 is 0 Å². The van der Waals surface area contributed by atoms with Crippen LogP contribution in [0, 0.1) is 0 Å². The summed E-state index contributed by atoms with van der Waals surface area (Å²) >= 11 is 0. The molecule has 0 unspecified atom stereocenters. The molecular formula is C16H11F3O6S. The van der Waals surface area contributed by atoms with E-state index in [4.69, 9.17) is 4.74 Å². The van der Waals surface area contributed by atoms with E-state index in [9.17, 15) is 26.4 Å². The Morgan fingerprint density at radius 2 is 1.85 bits per heavy atom. The van der Waals surface area contributed by atoms with Crippen molar-refractivity contribution in [2.45, 2.75) is 12.1 Å². The van der Waals surface area contributed by atoms with Crippen molar-refractivity contribution in [1.29, 1.82) is 0 Å². The fraction of sp³-hybridized carbons (Fsp3) is 0.188. The molecule has 10 heteroatoms. The Morgan fingerprint density at radius 3 is 2.50 bits per heavy atom. The van der Waals surface area contributed by atoms with Gasteiger partial charge in [0, 0.05) is 11.1 Å². The molecule has 0 saturated heterocycles. The van der Waals surface area contributed by atoms with Crippen LogP contribution in [-0.4, -0.2) is 27.0 Å². The number of halogens is 3. The molecule has 0 aromatic heterocycles. The zero-order chi connectivity index (χ0) is 19.1. The van der Waals surface area contributed by atoms with Gasteiger partial charge in [-0.1, -0.05) is 18.2 Å². The van der Waals surface area contributed by atoms with Gasteiger partial charge in [0.15, 0.2) is 5.75 Å². The number of carbonyl (C=O) groups is 1. The third kappa shape index (κ3) is 3.07.